The van der Waals surface area contributed by atoms with Crippen molar-refractivity contribution in [1.29, 1.82) is 0 Å². The molecular formula is C14H19NO2. The highest BCUT2D eigenvalue weighted by molar-refractivity contribution is 5.91. The van der Waals surface area contributed by atoms with Crippen LogP contribution in [0.3, 0.4) is 0 Å². The number of aliphatic hydroxyl groups excluding tert-OH is 1. The molecule has 17 heavy (non-hydrogen) atoms. The van der Waals surface area contributed by atoms with Crippen molar-refractivity contribution in [3.8, 4) is 0 Å². The summed E-state index contributed by atoms with van der Waals surface area (Å²) in [5, 5.41) is 11.7. The molecule has 1 aliphatic carbocycles. The number of nitrogens with one attached hydrogen (secondary N) is 1. The number of amides is 1. The minimum absolute atomic E-state index is 0.117. The first-order valence-corrected chi connectivity index (χ1v) is 6.27. The first-order chi connectivity index (χ1) is 8.28. The lowest BCUT2D eigenvalue weighted by Gasteiger charge is -2.06. The van der Waals surface area contributed by atoms with Gasteiger partial charge in [-0.3, -0.25) is 4.79 Å². The Bertz CT molecular complexity index is 386. The Hall–Kier alpha value is -1.35. The van der Waals surface area contributed by atoms with E-state index in [2.05, 4.69) is 5.32 Å². The summed E-state index contributed by atoms with van der Waals surface area (Å²) in [6, 6.07) is 7.86. The lowest BCUT2D eigenvalue weighted by atomic mass is 10.1. The van der Waals surface area contributed by atoms with E-state index in [1.54, 1.807) is 0 Å². The number of aryl methyl sites for hydroxylation is 1. The monoisotopic (exact) mass is 233 g/mol. The molecular weight excluding hydrogens is 214 g/mol. The van der Waals surface area contributed by atoms with Crippen LogP contribution >= 0.6 is 0 Å². The van der Waals surface area contributed by atoms with Crippen LogP contribution in [0.2, 0.25) is 0 Å². The van der Waals surface area contributed by atoms with Crippen LogP contribution in [0.1, 0.15) is 31.2 Å². The average molecular weight is 233 g/mol. The molecule has 0 saturated heterocycles. The minimum atomic E-state index is 0.117. The van der Waals surface area contributed by atoms with Gasteiger partial charge in [0.05, 0.1) is 0 Å². The highest BCUT2D eigenvalue weighted by atomic mass is 16.2. The summed E-state index contributed by atoms with van der Waals surface area (Å²) >= 11 is 0. The van der Waals surface area contributed by atoms with E-state index in [4.69, 9.17) is 5.11 Å². The fraction of sp³-hybridized carbons (Fsp3) is 0.500. The maximum atomic E-state index is 11.6. The second-order valence-corrected chi connectivity index (χ2v) is 4.72. The molecule has 0 heterocycles. The Morgan fingerprint density at radius 1 is 1.41 bits per heavy atom. The van der Waals surface area contributed by atoms with Gasteiger partial charge in [0.15, 0.2) is 0 Å². The number of hydrogen-bond donors (Lipinski definition) is 2. The van der Waals surface area contributed by atoms with Gasteiger partial charge in [0.1, 0.15) is 0 Å². The molecule has 0 spiro atoms. The van der Waals surface area contributed by atoms with Crippen molar-refractivity contribution < 1.29 is 9.90 Å². The Kier molecular flexibility index (Phi) is 4.15. The van der Waals surface area contributed by atoms with Crippen molar-refractivity contribution in [3.63, 3.8) is 0 Å². The standard InChI is InChI=1S/C14H19NO2/c16-8-2-4-11-3-1-5-13(9-11)15-14(17)10-12-6-7-12/h1,3,5,9,12,16H,2,4,6-8,10H2,(H,15,17). The summed E-state index contributed by atoms with van der Waals surface area (Å²) in [5.74, 6) is 0.736. The first-order valence-electron chi connectivity index (χ1n) is 6.27. The molecule has 0 aliphatic heterocycles. The summed E-state index contributed by atoms with van der Waals surface area (Å²) in [4.78, 5) is 11.6. The van der Waals surface area contributed by atoms with E-state index in [0.29, 0.717) is 12.3 Å². The van der Waals surface area contributed by atoms with E-state index in [1.807, 2.05) is 24.3 Å². The Labute approximate surface area is 102 Å². The summed E-state index contributed by atoms with van der Waals surface area (Å²) in [7, 11) is 0. The normalized spacial score (nSPS) is 14.6. The zero-order chi connectivity index (χ0) is 12.1. The molecule has 0 radical (unpaired) electrons. The molecule has 2 rings (SSSR count). The lowest BCUT2D eigenvalue weighted by Crippen LogP contribution is -2.12. The second kappa shape index (κ2) is 5.82. The highest BCUT2D eigenvalue weighted by Gasteiger charge is 2.24. The molecule has 2 N–H and O–H groups in total. The van der Waals surface area contributed by atoms with E-state index >= 15 is 0 Å². The molecule has 3 heteroatoms. The van der Waals surface area contributed by atoms with Crippen molar-refractivity contribution in [3.05, 3.63) is 29.8 Å². The molecule has 0 atom stereocenters. The summed E-state index contributed by atoms with van der Waals surface area (Å²) < 4.78 is 0. The van der Waals surface area contributed by atoms with Gasteiger partial charge in [-0.05, 0) is 49.3 Å². The molecule has 1 amide bonds. The molecule has 1 aliphatic rings. The summed E-state index contributed by atoms with van der Waals surface area (Å²) in [6.07, 6.45) is 4.66. The summed E-state index contributed by atoms with van der Waals surface area (Å²) in [6.45, 7) is 0.207. The summed E-state index contributed by atoms with van der Waals surface area (Å²) in [5.41, 5.74) is 2.02. The molecule has 1 aromatic carbocycles. The van der Waals surface area contributed by atoms with Crippen LogP contribution in [0.25, 0.3) is 0 Å². The molecule has 0 aromatic heterocycles. The van der Waals surface area contributed by atoms with Crippen LogP contribution in [0.15, 0.2) is 24.3 Å². The molecule has 3 nitrogen and oxygen atoms in total. The number of aliphatic hydroxyl groups is 1. The molecule has 1 fully saturated rings. The van der Waals surface area contributed by atoms with Crippen molar-refractivity contribution in [2.45, 2.75) is 32.1 Å². The van der Waals surface area contributed by atoms with Gasteiger partial charge < -0.3 is 10.4 Å². The predicted octanol–water partition coefficient (Wildman–Crippen LogP) is 2.35. The number of rotatable bonds is 6. The number of carbonyl (C=O) groups excluding carboxylic acids is 1. The van der Waals surface area contributed by atoms with E-state index in [-0.39, 0.29) is 12.5 Å². The second-order valence-electron chi connectivity index (χ2n) is 4.72. The number of hydrogen-bond acceptors (Lipinski definition) is 2. The van der Waals surface area contributed by atoms with Gasteiger partial charge in [-0.15, -0.1) is 0 Å². The number of carbonyl (C=O) groups is 1. The van der Waals surface area contributed by atoms with Crippen LogP contribution in [0, 0.1) is 5.92 Å². The quantitative estimate of drug-likeness (QED) is 0.792. The zero-order valence-electron chi connectivity index (χ0n) is 9.98. The number of anilines is 1. The van der Waals surface area contributed by atoms with Gasteiger partial charge >= 0.3 is 0 Å². The third kappa shape index (κ3) is 4.19. The van der Waals surface area contributed by atoms with Crippen LogP contribution in [0.5, 0.6) is 0 Å². The van der Waals surface area contributed by atoms with Gasteiger partial charge in [0.25, 0.3) is 0 Å². The predicted molar refractivity (Wildman–Crippen MR) is 67.8 cm³/mol. The van der Waals surface area contributed by atoms with Gasteiger partial charge in [0.2, 0.25) is 5.91 Å². The topological polar surface area (TPSA) is 49.3 Å². The van der Waals surface area contributed by atoms with E-state index in [9.17, 15) is 4.79 Å². The van der Waals surface area contributed by atoms with Crippen LogP contribution in [-0.4, -0.2) is 17.6 Å². The van der Waals surface area contributed by atoms with Gasteiger partial charge in [0, 0.05) is 18.7 Å². The van der Waals surface area contributed by atoms with E-state index in [1.165, 1.54) is 12.8 Å². The molecule has 92 valence electrons. The Morgan fingerprint density at radius 3 is 2.94 bits per heavy atom. The fourth-order valence-corrected chi connectivity index (χ4v) is 1.88. The lowest BCUT2D eigenvalue weighted by molar-refractivity contribution is -0.116. The third-order valence-corrected chi connectivity index (χ3v) is 3.01. The molecule has 0 unspecified atom stereocenters. The van der Waals surface area contributed by atoms with Gasteiger partial charge in [-0.25, -0.2) is 0 Å². The van der Waals surface area contributed by atoms with E-state index in [0.717, 1.165) is 24.1 Å². The minimum Gasteiger partial charge on any atom is -0.396 e. The fourth-order valence-electron chi connectivity index (χ4n) is 1.88. The van der Waals surface area contributed by atoms with Crippen molar-refractivity contribution in [2.24, 2.45) is 5.92 Å². The van der Waals surface area contributed by atoms with Gasteiger partial charge in [-0.2, -0.15) is 0 Å². The highest BCUT2D eigenvalue weighted by Crippen LogP contribution is 2.32. The Balaban J connectivity index is 1.87. The molecule has 1 aromatic rings. The maximum Gasteiger partial charge on any atom is 0.224 e. The van der Waals surface area contributed by atoms with Crippen molar-refractivity contribution in [1.82, 2.24) is 0 Å². The SMILES string of the molecule is O=C(CC1CC1)Nc1cccc(CCCO)c1. The van der Waals surface area contributed by atoms with Crippen molar-refractivity contribution >= 4 is 11.6 Å². The molecule has 0 bridgehead atoms. The average Bonchev–Trinajstić information content (AvgIpc) is 3.10. The largest absolute Gasteiger partial charge is 0.396 e. The molecule has 1 saturated carbocycles. The van der Waals surface area contributed by atoms with Crippen LogP contribution < -0.4 is 5.32 Å². The van der Waals surface area contributed by atoms with Gasteiger partial charge in [-0.1, -0.05) is 12.1 Å². The van der Waals surface area contributed by atoms with Crippen LogP contribution in [-0.2, 0) is 11.2 Å². The zero-order valence-corrected chi connectivity index (χ0v) is 9.98. The maximum absolute atomic E-state index is 11.6. The third-order valence-electron chi connectivity index (χ3n) is 3.01. The van der Waals surface area contributed by atoms with E-state index < -0.39 is 0 Å². The first kappa shape index (κ1) is 12.1. The Morgan fingerprint density at radius 2 is 2.24 bits per heavy atom. The smallest absolute Gasteiger partial charge is 0.224 e. The van der Waals surface area contributed by atoms with Crippen molar-refractivity contribution in [2.75, 3.05) is 11.9 Å². The number of benzene rings is 1. The van der Waals surface area contributed by atoms with Crippen LogP contribution in [0.4, 0.5) is 5.69 Å².